The molecule has 0 radical (unpaired) electrons. The van der Waals surface area contributed by atoms with Gasteiger partial charge in [-0.15, -0.1) is 5.10 Å². The van der Waals surface area contributed by atoms with E-state index in [9.17, 15) is 0 Å². The summed E-state index contributed by atoms with van der Waals surface area (Å²) in [6, 6.07) is 7.98. The number of aromatic nitrogens is 4. The Morgan fingerprint density at radius 2 is 1.64 bits per heavy atom. The van der Waals surface area contributed by atoms with Crippen molar-refractivity contribution in [3.8, 4) is 0 Å². The van der Waals surface area contributed by atoms with Crippen LogP contribution in [0.2, 0.25) is 5.02 Å². The molecule has 0 unspecified atom stereocenters. The lowest BCUT2D eigenvalue weighted by Gasteiger charge is -2.38. The molecule has 1 fully saturated rings. The fourth-order valence-electron chi connectivity index (χ4n) is 4.21. The number of hydrogen-bond donors (Lipinski definition) is 0. The Morgan fingerprint density at radius 3 is 2.22 bits per heavy atom. The molecule has 3 aromatic rings. The highest BCUT2D eigenvalue weighted by Gasteiger charge is 2.23. The van der Waals surface area contributed by atoms with Crippen LogP contribution in [0.1, 0.15) is 37.7 Å². The van der Waals surface area contributed by atoms with Crippen molar-refractivity contribution < 1.29 is 0 Å². The summed E-state index contributed by atoms with van der Waals surface area (Å²) < 4.78 is 1.88. The predicted octanol–water partition coefficient (Wildman–Crippen LogP) is 6.25. The third kappa shape index (κ3) is 5.14. The van der Waals surface area contributed by atoms with Gasteiger partial charge in [0.2, 0.25) is 0 Å². The summed E-state index contributed by atoms with van der Waals surface area (Å²) in [4.78, 5) is 9.40. The summed E-state index contributed by atoms with van der Waals surface area (Å²) in [5.74, 6) is 0. The maximum absolute atomic E-state index is 6.58. The molecule has 7 heteroatoms. The molecule has 0 N–H and O–H groups in total. The van der Waals surface area contributed by atoms with Crippen molar-refractivity contribution in [1.82, 2.24) is 29.8 Å². The lowest BCUT2D eigenvalue weighted by molar-refractivity contribution is 0.239. The van der Waals surface area contributed by atoms with Gasteiger partial charge in [-0.3, -0.25) is 0 Å². The highest BCUT2D eigenvalue weighted by molar-refractivity contribution is 6.35. The van der Waals surface area contributed by atoms with Crippen molar-refractivity contribution in [2.75, 3.05) is 26.2 Å². The molecule has 0 atom stereocenters. The number of halogens is 1. The number of hydrogen-bond acceptors (Lipinski definition) is 5. The number of benzene rings is 1. The first kappa shape index (κ1) is 25.5. The smallest absolute Gasteiger partial charge is 0.128 e. The van der Waals surface area contributed by atoms with Gasteiger partial charge in [0.1, 0.15) is 5.69 Å². The van der Waals surface area contributed by atoms with Gasteiger partial charge in [-0.25, -0.2) is 9.67 Å². The van der Waals surface area contributed by atoms with E-state index in [2.05, 4.69) is 79.3 Å². The molecule has 0 bridgehead atoms. The van der Waals surface area contributed by atoms with Crippen LogP contribution in [0.5, 0.6) is 0 Å². The summed E-state index contributed by atoms with van der Waals surface area (Å²) in [5.41, 5.74) is 6.05. The van der Waals surface area contributed by atoms with Crippen LogP contribution in [0.4, 0.5) is 0 Å². The van der Waals surface area contributed by atoms with Crippen LogP contribution in [-0.2, 0) is 5.54 Å². The van der Waals surface area contributed by atoms with E-state index < -0.39 is 0 Å². The van der Waals surface area contributed by atoms with Crippen molar-refractivity contribution in [3.63, 3.8) is 0 Å². The number of rotatable bonds is 7. The van der Waals surface area contributed by atoms with E-state index >= 15 is 0 Å². The molecule has 1 saturated heterocycles. The first-order chi connectivity index (χ1) is 17.1. The molecule has 2 aromatic heterocycles. The van der Waals surface area contributed by atoms with Gasteiger partial charge >= 0.3 is 0 Å². The van der Waals surface area contributed by atoms with Crippen molar-refractivity contribution in [3.05, 3.63) is 97.0 Å². The number of fused-ring (bicyclic) bond motifs is 1. The number of piperazine rings is 1. The normalized spacial score (nSPS) is 14.7. The molecule has 0 spiro atoms. The number of nitrogens with zero attached hydrogens (tertiary/aromatic N) is 6. The first-order valence-electron chi connectivity index (χ1n) is 12.0. The largest absolute Gasteiger partial charge is 0.368 e. The Morgan fingerprint density at radius 1 is 0.972 bits per heavy atom. The van der Waals surface area contributed by atoms with Gasteiger partial charge in [0.15, 0.2) is 0 Å². The van der Waals surface area contributed by atoms with Crippen LogP contribution in [-0.4, -0.2) is 56.0 Å². The lowest BCUT2D eigenvalue weighted by atomic mass is 10.1. The molecule has 186 valence electrons. The van der Waals surface area contributed by atoms with Crippen molar-refractivity contribution in [1.29, 1.82) is 0 Å². The Balaban J connectivity index is 1.49. The molecule has 1 aliphatic rings. The van der Waals surface area contributed by atoms with Crippen molar-refractivity contribution in [2.45, 2.75) is 26.3 Å². The highest BCUT2D eigenvalue weighted by Crippen LogP contribution is 2.30. The van der Waals surface area contributed by atoms with Gasteiger partial charge in [-0.05, 0) is 44.0 Å². The molecule has 6 nitrogen and oxygen atoms in total. The minimum atomic E-state index is -0.114. The molecule has 0 saturated carbocycles. The monoisotopic (exact) mass is 500 g/mol. The first-order valence-corrected chi connectivity index (χ1v) is 12.4. The van der Waals surface area contributed by atoms with Gasteiger partial charge in [-0.1, -0.05) is 73.5 Å². The summed E-state index contributed by atoms with van der Waals surface area (Å²) >= 11 is 6.58. The second-order valence-corrected chi connectivity index (χ2v) is 10.3. The maximum Gasteiger partial charge on any atom is 0.128 e. The van der Waals surface area contributed by atoms with Gasteiger partial charge in [0.05, 0.1) is 33.7 Å². The van der Waals surface area contributed by atoms with Crippen molar-refractivity contribution in [2.24, 2.45) is 0 Å². The summed E-state index contributed by atoms with van der Waals surface area (Å²) in [7, 11) is 0. The summed E-state index contributed by atoms with van der Waals surface area (Å²) in [6.07, 6.45) is 7.32. The van der Waals surface area contributed by atoms with E-state index in [4.69, 9.17) is 16.6 Å². The van der Waals surface area contributed by atoms with E-state index in [0.717, 1.165) is 71.0 Å². The minimum Gasteiger partial charge on any atom is -0.368 e. The molecule has 0 aliphatic carbocycles. The Bertz CT molecular complexity index is 1370. The van der Waals surface area contributed by atoms with E-state index in [1.165, 1.54) is 0 Å². The molecule has 3 heterocycles. The molecular formula is C29H33ClN6. The minimum absolute atomic E-state index is 0.114. The van der Waals surface area contributed by atoms with Crippen LogP contribution in [0.3, 0.4) is 0 Å². The summed E-state index contributed by atoms with van der Waals surface area (Å²) in [6.45, 7) is 26.0. The Kier molecular flexibility index (Phi) is 7.18. The molecule has 1 aromatic carbocycles. The van der Waals surface area contributed by atoms with Crippen LogP contribution >= 0.6 is 11.6 Å². The number of pyridine rings is 1. The quantitative estimate of drug-likeness (QED) is 0.359. The third-order valence-electron chi connectivity index (χ3n) is 6.43. The average Bonchev–Trinajstić information content (AvgIpc) is 3.37. The fraction of sp³-hybridized carbons (Fsp3) is 0.276. The molecule has 0 amide bonds. The maximum atomic E-state index is 6.58. The second kappa shape index (κ2) is 10.2. The zero-order valence-corrected chi connectivity index (χ0v) is 22.1. The van der Waals surface area contributed by atoms with Crippen LogP contribution in [0.25, 0.3) is 27.9 Å². The third-order valence-corrected chi connectivity index (χ3v) is 6.74. The van der Waals surface area contributed by atoms with Gasteiger partial charge in [-0.2, -0.15) is 0 Å². The number of allylic oxidation sites excluding steroid dienone is 4. The topological polar surface area (TPSA) is 50.1 Å². The zero-order valence-electron chi connectivity index (χ0n) is 21.3. The summed E-state index contributed by atoms with van der Waals surface area (Å²) in [5, 5.41) is 10.2. The average molecular weight is 501 g/mol. The Hall–Kier alpha value is -3.64. The van der Waals surface area contributed by atoms with Gasteiger partial charge in [0, 0.05) is 37.3 Å². The second-order valence-electron chi connectivity index (χ2n) is 9.87. The van der Waals surface area contributed by atoms with Crippen LogP contribution < -0.4 is 0 Å². The van der Waals surface area contributed by atoms with E-state index in [1.807, 2.05) is 29.1 Å². The molecule has 4 rings (SSSR count). The zero-order chi connectivity index (χ0) is 26.0. The van der Waals surface area contributed by atoms with Gasteiger partial charge < -0.3 is 9.80 Å². The van der Waals surface area contributed by atoms with E-state index in [0.29, 0.717) is 5.02 Å². The SMILES string of the molecule is C=C/C=C(\C=C)c1cc(Cl)c2ccc(C(=C)N3CCN(C(=C)c4cn(C(C)(C)C)nn4)CC3)cc2n1. The molecule has 36 heavy (non-hydrogen) atoms. The van der Waals surface area contributed by atoms with Crippen LogP contribution in [0.15, 0.2) is 75.0 Å². The Labute approximate surface area is 218 Å². The van der Waals surface area contributed by atoms with E-state index in [1.54, 1.807) is 12.2 Å². The predicted molar refractivity (Wildman–Crippen MR) is 151 cm³/mol. The van der Waals surface area contributed by atoms with Crippen molar-refractivity contribution >= 4 is 39.5 Å². The van der Waals surface area contributed by atoms with Crippen LogP contribution in [0, 0.1) is 0 Å². The molecular weight excluding hydrogens is 468 g/mol. The lowest BCUT2D eigenvalue weighted by Crippen LogP contribution is -2.44. The van der Waals surface area contributed by atoms with Gasteiger partial charge in [0.25, 0.3) is 0 Å². The standard InChI is InChI=1S/C29H33ClN6/c1-8-10-22(9-2)26-18-25(30)24-12-11-23(17-27(24)31-26)20(3)34-13-15-35(16-14-34)21(4)28-19-36(33-32-28)29(5,6)7/h8-12,17-19H,1-4,13-16H2,5-7H3/b22-10+. The highest BCUT2D eigenvalue weighted by atomic mass is 35.5. The fourth-order valence-corrected chi connectivity index (χ4v) is 4.48. The van der Waals surface area contributed by atoms with E-state index in [-0.39, 0.29) is 5.54 Å². The molecule has 1 aliphatic heterocycles.